The minimum atomic E-state index is -3.34. The molecular weight excluding hydrogens is 384 g/mol. The molecule has 6 heteroatoms. The van der Waals surface area contributed by atoms with E-state index in [4.69, 9.17) is 0 Å². The molecule has 0 radical (unpaired) electrons. The molecule has 1 heterocycles. The van der Waals surface area contributed by atoms with E-state index < -0.39 is 10.0 Å². The molecule has 5 nitrogen and oxygen atoms in total. The number of hydrogen-bond donors (Lipinski definition) is 1. The number of likely N-dealkylation sites (tertiary alicyclic amines) is 1. The topological polar surface area (TPSA) is 66.5 Å². The van der Waals surface area contributed by atoms with Gasteiger partial charge >= 0.3 is 0 Å². The summed E-state index contributed by atoms with van der Waals surface area (Å²) >= 11 is 0. The van der Waals surface area contributed by atoms with Crippen molar-refractivity contribution in [3.8, 4) is 0 Å². The minimum Gasteiger partial charge on any atom is -0.337 e. The third-order valence-corrected chi connectivity index (χ3v) is 7.60. The first-order chi connectivity index (χ1) is 13.7. The first-order valence-electron chi connectivity index (χ1n) is 11.0. The SMILES string of the molecule is CC(C)C(=O)N1CC2(CC2)C(NS(C)(=O)=O)C1Cc1cccc(CCC2CC2)c1. The van der Waals surface area contributed by atoms with Crippen LogP contribution in [-0.4, -0.2) is 44.1 Å². The summed E-state index contributed by atoms with van der Waals surface area (Å²) in [6.07, 6.45) is 9.00. The number of nitrogens with one attached hydrogen (secondary N) is 1. The molecule has 1 aromatic carbocycles. The normalized spacial score (nSPS) is 25.7. The molecule has 1 N–H and O–H groups in total. The van der Waals surface area contributed by atoms with Gasteiger partial charge in [0.05, 0.1) is 12.3 Å². The van der Waals surface area contributed by atoms with Crippen LogP contribution in [0.3, 0.4) is 0 Å². The molecule has 3 aliphatic rings. The maximum Gasteiger partial charge on any atom is 0.225 e. The molecule has 2 unspecified atom stereocenters. The van der Waals surface area contributed by atoms with Crippen molar-refractivity contribution in [2.75, 3.05) is 12.8 Å². The van der Waals surface area contributed by atoms with E-state index in [1.54, 1.807) is 0 Å². The Kier molecular flexibility index (Phi) is 5.53. The van der Waals surface area contributed by atoms with Gasteiger partial charge in [-0.05, 0) is 49.1 Å². The molecule has 3 fully saturated rings. The maximum atomic E-state index is 13.0. The van der Waals surface area contributed by atoms with E-state index in [0.717, 1.165) is 25.2 Å². The monoisotopic (exact) mass is 418 g/mol. The van der Waals surface area contributed by atoms with Crippen molar-refractivity contribution in [2.24, 2.45) is 17.3 Å². The summed E-state index contributed by atoms with van der Waals surface area (Å²) in [5.74, 6) is 0.949. The summed E-state index contributed by atoms with van der Waals surface area (Å²) in [5, 5.41) is 0. The number of nitrogens with zero attached hydrogens (tertiary/aromatic N) is 1. The molecule has 1 aromatic rings. The zero-order chi connectivity index (χ0) is 20.8. The van der Waals surface area contributed by atoms with Crippen molar-refractivity contribution in [3.63, 3.8) is 0 Å². The van der Waals surface area contributed by atoms with Crippen molar-refractivity contribution in [1.29, 1.82) is 0 Å². The number of rotatable bonds is 8. The van der Waals surface area contributed by atoms with E-state index in [2.05, 4.69) is 29.0 Å². The summed E-state index contributed by atoms with van der Waals surface area (Å²) in [6, 6.07) is 8.35. The quantitative estimate of drug-likeness (QED) is 0.705. The first kappa shape index (κ1) is 20.9. The Morgan fingerprint density at radius 1 is 1.24 bits per heavy atom. The van der Waals surface area contributed by atoms with Gasteiger partial charge < -0.3 is 4.90 Å². The molecule has 1 saturated heterocycles. The third-order valence-electron chi connectivity index (χ3n) is 6.91. The maximum absolute atomic E-state index is 13.0. The van der Waals surface area contributed by atoms with E-state index in [9.17, 15) is 13.2 Å². The van der Waals surface area contributed by atoms with Crippen molar-refractivity contribution < 1.29 is 13.2 Å². The fourth-order valence-corrected chi connectivity index (χ4v) is 5.81. The van der Waals surface area contributed by atoms with Gasteiger partial charge in [-0.1, -0.05) is 51.0 Å². The summed E-state index contributed by atoms with van der Waals surface area (Å²) in [6.45, 7) is 4.52. The van der Waals surface area contributed by atoms with Gasteiger partial charge in [-0.3, -0.25) is 4.79 Å². The zero-order valence-electron chi connectivity index (χ0n) is 17.9. The second-order valence-corrected chi connectivity index (χ2v) is 11.7. The van der Waals surface area contributed by atoms with E-state index in [0.29, 0.717) is 13.0 Å². The number of carbonyl (C=O) groups is 1. The van der Waals surface area contributed by atoms with Gasteiger partial charge in [0.2, 0.25) is 15.9 Å². The van der Waals surface area contributed by atoms with Crippen LogP contribution in [-0.2, 0) is 27.7 Å². The predicted molar refractivity (Wildman–Crippen MR) is 115 cm³/mol. The first-order valence-corrected chi connectivity index (χ1v) is 12.9. The number of amides is 1. The lowest BCUT2D eigenvalue weighted by molar-refractivity contribution is -0.135. The second kappa shape index (κ2) is 7.69. The Morgan fingerprint density at radius 2 is 1.93 bits per heavy atom. The largest absolute Gasteiger partial charge is 0.337 e. The van der Waals surface area contributed by atoms with Crippen LogP contribution in [0.15, 0.2) is 24.3 Å². The van der Waals surface area contributed by atoms with E-state index >= 15 is 0 Å². The van der Waals surface area contributed by atoms with Gasteiger partial charge in [-0.15, -0.1) is 0 Å². The molecule has 1 spiro atoms. The molecule has 1 amide bonds. The predicted octanol–water partition coefficient (Wildman–Crippen LogP) is 3.14. The number of benzene rings is 1. The van der Waals surface area contributed by atoms with Crippen LogP contribution in [0.25, 0.3) is 0 Å². The summed E-state index contributed by atoms with van der Waals surface area (Å²) in [5.41, 5.74) is 2.47. The van der Waals surface area contributed by atoms with Crippen LogP contribution >= 0.6 is 0 Å². The number of carbonyl (C=O) groups excluding carboxylic acids is 1. The van der Waals surface area contributed by atoms with Crippen molar-refractivity contribution >= 4 is 15.9 Å². The fourth-order valence-electron chi connectivity index (χ4n) is 4.94. The Morgan fingerprint density at radius 3 is 2.52 bits per heavy atom. The number of hydrogen-bond acceptors (Lipinski definition) is 3. The van der Waals surface area contributed by atoms with Gasteiger partial charge in [0.15, 0.2) is 0 Å². The molecule has 2 aliphatic carbocycles. The summed E-state index contributed by atoms with van der Waals surface area (Å²) < 4.78 is 27.1. The second-order valence-electron chi connectivity index (χ2n) is 9.92. The standard InChI is InChI=1S/C23H34N2O3S/c1-16(2)22(26)25-15-23(11-12-23)21(24-29(3,27)28)20(25)14-19-6-4-5-18(13-19)10-9-17-7-8-17/h4-6,13,16-17,20-21,24H,7-12,14-15H2,1-3H3. The Bertz CT molecular complexity index is 872. The van der Waals surface area contributed by atoms with Crippen LogP contribution in [0.2, 0.25) is 0 Å². The van der Waals surface area contributed by atoms with Crippen molar-refractivity contribution in [2.45, 2.75) is 70.9 Å². The Balaban J connectivity index is 1.58. The molecular formula is C23H34N2O3S. The van der Waals surface area contributed by atoms with Crippen molar-refractivity contribution in [3.05, 3.63) is 35.4 Å². The zero-order valence-corrected chi connectivity index (χ0v) is 18.7. The van der Waals surface area contributed by atoms with Crippen molar-refractivity contribution in [1.82, 2.24) is 9.62 Å². The molecule has 1 aliphatic heterocycles. The highest BCUT2D eigenvalue weighted by molar-refractivity contribution is 7.88. The fraction of sp³-hybridized carbons (Fsp3) is 0.696. The van der Waals surface area contributed by atoms with Gasteiger partial charge in [0.1, 0.15) is 0 Å². The average Bonchev–Trinajstić information content (AvgIpc) is 3.55. The smallest absolute Gasteiger partial charge is 0.225 e. The molecule has 4 rings (SSSR count). The van der Waals surface area contributed by atoms with Crippen LogP contribution in [0.5, 0.6) is 0 Å². The van der Waals surface area contributed by atoms with Gasteiger partial charge in [0, 0.05) is 23.9 Å². The Hall–Kier alpha value is -1.40. The lowest BCUT2D eigenvalue weighted by Gasteiger charge is -2.30. The molecule has 2 saturated carbocycles. The summed E-state index contributed by atoms with van der Waals surface area (Å²) in [7, 11) is -3.34. The third kappa shape index (κ3) is 4.85. The van der Waals surface area contributed by atoms with E-state index in [-0.39, 0.29) is 29.3 Å². The molecule has 29 heavy (non-hydrogen) atoms. The van der Waals surface area contributed by atoms with E-state index in [1.165, 1.54) is 36.6 Å². The van der Waals surface area contributed by atoms with Gasteiger partial charge in [-0.25, -0.2) is 13.1 Å². The van der Waals surface area contributed by atoms with Crippen LogP contribution in [0, 0.1) is 17.3 Å². The van der Waals surface area contributed by atoms with Crippen LogP contribution < -0.4 is 4.72 Å². The average molecular weight is 419 g/mol. The highest BCUT2D eigenvalue weighted by Gasteiger charge is 2.61. The number of aryl methyl sites for hydroxylation is 1. The lowest BCUT2D eigenvalue weighted by atomic mass is 9.92. The van der Waals surface area contributed by atoms with E-state index in [1.807, 2.05) is 18.7 Å². The molecule has 0 aromatic heterocycles. The molecule has 160 valence electrons. The van der Waals surface area contributed by atoms with Crippen LogP contribution in [0.1, 0.15) is 57.1 Å². The van der Waals surface area contributed by atoms with Gasteiger partial charge in [0.25, 0.3) is 0 Å². The van der Waals surface area contributed by atoms with Crippen LogP contribution in [0.4, 0.5) is 0 Å². The number of sulfonamides is 1. The lowest BCUT2D eigenvalue weighted by Crippen LogP contribution is -2.50. The molecule has 2 atom stereocenters. The summed E-state index contributed by atoms with van der Waals surface area (Å²) in [4.78, 5) is 14.9. The molecule has 0 bridgehead atoms. The highest BCUT2D eigenvalue weighted by atomic mass is 32.2. The Labute approximate surface area is 175 Å². The highest BCUT2D eigenvalue weighted by Crippen LogP contribution is 2.55. The van der Waals surface area contributed by atoms with Gasteiger partial charge in [-0.2, -0.15) is 0 Å². The minimum absolute atomic E-state index is 0.0815.